The standard InChI is InChI=1S/C17H18O3S/c1-13(18)20-16(14-9-5-3-6-10-14)17(19-2)21-15-11-7-4-8-12-15/h3-12,16-17H,1-2H3/t16-,17+/m1/s1. The van der Waals surface area contributed by atoms with Crippen LogP contribution in [0.2, 0.25) is 0 Å². The van der Waals surface area contributed by atoms with Gasteiger partial charge in [0.2, 0.25) is 0 Å². The van der Waals surface area contributed by atoms with Gasteiger partial charge in [0.15, 0.2) is 6.10 Å². The number of carbonyl (C=O) groups is 1. The fraction of sp³-hybridized carbons (Fsp3) is 0.235. The zero-order valence-electron chi connectivity index (χ0n) is 12.1. The van der Waals surface area contributed by atoms with Crippen molar-refractivity contribution in [3.63, 3.8) is 0 Å². The molecule has 2 aromatic carbocycles. The first-order valence-electron chi connectivity index (χ1n) is 6.67. The van der Waals surface area contributed by atoms with Gasteiger partial charge in [0, 0.05) is 18.9 Å². The Labute approximate surface area is 129 Å². The predicted octanol–water partition coefficient (Wildman–Crippen LogP) is 4.06. The van der Waals surface area contributed by atoms with Crippen LogP contribution < -0.4 is 0 Å². The molecule has 3 nitrogen and oxygen atoms in total. The number of hydrogen-bond donors (Lipinski definition) is 0. The quantitative estimate of drug-likeness (QED) is 0.458. The lowest BCUT2D eigenvalue weighted by atomic mass is 10.1. The summed E-state index contributed by atoms with van der Waals surface area (Å²) < 4.78 is 11.0. The minimum absolute atomic E-state index is 0.307. The van der Waals surface area contributed by atoms with Crippen molar-refractivity contribution >= 4 is 17.7 Å². The summed E-state index contributed by atoms with van der Waals surface area (Å²) in [6, 6.07) is 19.6. The van der Waals surface area contributed by atoms with Gasteiger partial charge in [-0.3, -0.25) is 4.79 Å². The van der Waals surface area contributed by atoms with Gasteiger partial charge in [-0.2, -0.15) is 0 Å². The normalized spacial score (nSPS) is 13.4. The smallest absolute Gasteiger partial charge is 0.303 e. The van der Waals surface area contributed by atoms with Crippen LogP contribution in [0.25, 0.3) is 0 Å². The molecular weight excluding hydrogens is 284 g/mol. The summed E-state index contributed by atoms with van der Waals surface area (Å²) in [7, 11) is 1.63. The van der Waals surface area contributed by atoms with Gasteiger partial charge in [0.05, 0.1) is 0 Å². The monoisotopic (exact) mass is 302 g/mol. The first-order chi connectivity index (χ1) is 10.2. The number of ether oxygens (including phenoxy) is 2. The van der Waals surface area contributed by atoms with Crippen LogP contribution in [0, 0.1) is 0 Å². The lowest BCUT2D eigenvalue weighted by Gasteiger charge is -2.25. The highest BCUT2D eigenvalue weighted by Gasteiger charge is 2.27. The summed E-state index contributed by atoms with van der Waals surface area (Å²) >= 11 is 1.53. The summed E-state index contributed by atoms with van der Waals surface area (Å²) in [5.74, 6) is -0.320. The lowest BCUT2D eigenvalue weighted by Crippen LogP contribution is -2.22. The van der Waals surface area contributed by atoms with Gasteiger partial charge < -0.3 is 9.47 Å². The highest BCUT2D eigenvalue weighted by Crippen LogP contribution is 2.35. The Kier molecular flexibility index (Phi) is 5.84. The molecule has 0 N–H and O–H groups in total. The molecule has 0 amide bonds. The average Bonchev–Trinajstić information content (AvgIpc) is 2.52. The van der Waals surface area contributed by atoms with Crippen LogP contribution in [-0.2, 0) is 14.3 Å². The molecule has 0 saturated heterocycles. The Balaban J connectivity index is 2.23. The zero-order chi connectivity index (χ0) is 15.1. The van der Waals surface area contributed by atoms with Gasteiger partial charge in [-0.15, -0.1) is 0 Å². The maximum atomic E-state index is 11.4. The van der Waals surface area contributed by atoms with E-state index in [1.807, 2.05) is 60.7 Å². The largest absolute Gasteiger partial charge is 0.454 e. The van der Waals surface area contributed by atoms with Crippen LogP contribution in [0.15, 0.2) is 65.6 Å². The third-order valence-corrected chi connectivity index (χ3v) is 4.11. The SMILES string of the molecule is CO[C@@H](Sc1ccccc1)[C@H](OC(C)=O)c1ccccc1. The number of methoxy groups -OCH3 is 1. The van der Waals surface area contributed by atoms with E-state index in [1.165, 1.54) is 18.7 Å². The van der Waals surface area contributed by atoms with E-state index >= 15 is 0 Å². The molecule has 0 heterocycles. The predicted molar refractivity (Wildman–Crippen MR) is 84.0 cm³/mol. The molecule has 0 aromatic heterocycles. The molecule has 2 atom stereocenters. The molecular formula is C17H18O3S. The second-order valence-corrected chi connectivity index (χ2v) is 5.65. The Morgan fingerprint density at radius 3 is 2.10 bits per heavy atom. The summed E-state index contributed by atoms with van der Waals surface area (Å²) in [6.45, 7) is 1.41. The van der Waals surface area contributed by atoms with Crippen molar-refractivity contribution < 1.29 is 14.3 Å². The number of carbonyl (C=O) groups excluding carboxylic acids is 1. The van der Waals surface area contributed by atoms with E-state index in [0.29, 0.717) is 0 Å². The molecule has 21 heavy (non-hydrogen) atoms. The van der Waals surface area contributed by atoms with E-state index in [0.717, 1.165) is 10.5 Å². The number of esters is 1. The summed E-state index contributed by atoms with van der Waals surface area (Å²) in [6.07, 6.45) is -0.445. The molecule has 0 aliphatic rings. The Hall–Kier alpha value is -1.78. The lowest BCUT2D eigenvalue weighted by molar-refractivity contribution is -0.150. The van der Waals surface area contributed by atoms with Gasteiger partial charge in [0.25, 0.3) is 0 Å². The van der Waals surface area contributed by atoms with E-state index in [2.05, 4.69) is 0 Å². The fourth-order valence-electron chi connectivity index (χ4n) is 1.97. The molecule has 0 spiro atoms. The van der Waals surface area contributed by atoms with E-state index in [-0.39, 0.29) is 11.4 Å². The average molecular weight is 302 g/mol. The maximum Gasteiger partial charge on any atom is 0.303 e. The Bertz CT molecular complexity index is 557. The highest BCUT2D eigenvalue weighted by atomic mass is 32.2. The first-order valence-corrected chi connectivity index (χ1v) is 7.55. The summed E-state index contributed by atoms with van der Waals surface area (Å²) in [5.41, 5.74) is 0.613. The van der Waals surface area contributed by atoms with E-state index < -0.39 is 6.10 Å². The second kappa shape index (κ2) is 7.86. The van der Waals surface area contributed by atoms with Gasteiger partial charge in [0.1, 0.15) is 5.44 Å². The van der Waals surface area contributed by atoms with Crippen LogP contribution in [-0.4, -0.2) is 18.5 Å². The van der Waals surface area contributed by atoms with Crippen LogP contribution in [0.1, 0.15) is 18.6 Å². The van der Waals surface area contributed by atoms with Crippen LogP contribution in [0.3, 0.4) is 0 Å². The summed E-state index contributed by atoms with van der Waals surface area (Å²) in [4.78, 5) is 12.5. The molecule has 0 saturated carbocycles. The minimum Gasteiger partial charge on any atom is -0.454 e. The molecule has 0 fully saturated rings. The number of rotatable bonds is 6. The maximum absolute atomic E-state index is 11.4. The van der Waals surface area contributed by atoms with Crippen LogP contribution >= 0.6 is 11.8 Å². The third kappa shape index (κ3) is 4.62. The number of thioether (sulfide) groups is 1. The summed E-state index contributed by atoms with van der Waals surface area (Å²) in [5, 5.41) is 0. The van der Waals surface area contributed by atoms with E-state index in [4.69, 9.17) is 9.47 Å². The molecule has 0 radical (unpaired) electrons. The molecule has 110 valence electrons. The topological polar surface area (TPSA) is 35.5 Å². The number of benzene rings is 2. The Morgan fingerprint density at radius 2 is 1.57 bits per heavy atom. The van der Waals surface area contributed by atoms with Gasteiger partial charge in [-0.1, -0.05) is 60.3 Å². The molecule has 0 bridgehead atoms. The van der Waals surface area contributed by atoms with Crippen molar-refractivity contribution in [2.24, 2.45) is 0 Å². The van der Waals surface area contributed by atoms with Crippen LogP contribution in [0.5, 0.6) is 0 Å². The van der Waals surface area contributed by atoms with Crippen LogP contribution in [0.4, 0.5) is 0 Å². The van der Waals surface area contributed by atoms with Crippen molar-refractivity contribution in [3.8, 4) is 0 Å². The molecule has 2 aromatic rings. The van der Waals surface area contributed by atoms with Gasteiger partial charge >= 0.3 is 5.97 Å². The molecule has 0 aliphatic heterocycles. The number of hydrogen-bond acceptors (Lipinski definition) is 4. The molecule has 2 rings (SSSR count). The fourth-order valence-corrected chi connectivity index (χ4v) is 2.98. The molecule has 0 aliphatic carbocycles. The highest BCUT2D eigenvalue weighted by molar-refractivity contribution is 7.99. The first kappa shape index (κ1) is 15.6. The molecule has 4 heteroatoms. The Morgan fingerprint density at radius 1 is 1.00 bits per heavy atom. The zero-order valence-corrected chi connectivity index (χ0v) is 12.9. The van der Waals surface area contributed by atoms with E-state index in [1.54, 1.807) is 7.11 Å². The third-order valence-electron chi connectivity index (χ3n) is 2.90. The second-order valence-electron chi connectivity index (χ2n) is 4.48. The van der Waals surface area contributed by atoms with Crippen molar-refractivity contribution in [3.05, 3.63) is 66.2 Å². The van der Waals surface area contributed by atoms with Crippen molar-refractivity contribution in [2.75, 3.05) is 7.11 Å². The van der Waals surface area contributed by atoms with Gasteiger partial charge in [-0.05, 0) is 17.7 Å². The van der Waals surface area contributed by atoms with E-state index in [9.17, 15) is 4.79 Å². The minimum atomic E-state index is -0.445. The molecule has 0 unspecified atom stereocenters. The van der Waals surface area contributed by atoms with Crippen molar-refractivity contribution in [1.29, 1.82) is 0 Å². The van der Waals surface area contributed by atoms with Crippen molar-refractivity contribution in [2.45, 2.75) is 23.4 Å². The van der Waals surface area contributed by atoms with Gasteiger partial charge in [-0.25, -0.2) is 0 Å². The van der Waals surface area contributed by atoms with Crippen molar-refractivity contribution in [1.82, 2.24) is 0 Å².